The van der Waals surface area contributed by atoms with Gasteiger partial charge in [0.05, 0.1) is 12.1 Å². The first-order valence-corrected chi connectivity index (χ1v) is 10.6. The van der Waals surface area contributed by atoms with Gasteiger partial charge in [0.15, 0.2) is 0 Å². The number of amides is 2. The molecule has 2 amide bonds. The Morgan fingerprint density at radius 2 is 1.62 bits per heavy atom. The number of carboxylic acid groups (broad SMARTS) is 1. The Hall–Kier alpha value is -4.57. The maximum absolute atomic E-state index is 12.3. The number of ether oxygens (including phenoxy) is 1. The zero-order valence-corrected chi connectivity index (χ0v) is 18.4. The molecule has 3 aromatic carbocycles. The molecule has 0 radical (unpaired) electrons. The van der Waals surface area contributed by atoms with Crippen LogP contribution in [0.15, 0.2) is 72.8 Å². The van der Waals surface area contributed by atoms with Gasteiger partial charge in [0, 0.05) is 18.7 Å². The lowest BCUT2D eigenvalue weighted by molar-refractivity contribution is -0.113. The molecule has 0 bridgehead atoms. The van der Waals surface area contributed by atoms with Crippen molar-refractivity contribution in [2.24, 2.45) is 0 Å². The molecule has 0 saturated carbocycles. The summed E-state index contributed by atoms with van der Waals surface area (Å²) >= 11 is 0. The van der Waals surface area contributed by atoms with Crippen molar-refractivity contribution in [3.05, 3.63) is 89.5 Å². The summed E-state index contributed by atoms with van der Waals surface area (Å²) in [6, 6.07) is 22.1. The van der Waals surface area contributed by atoms with E-state index < -0.39 is 18.0 Å². The number of carbonyl (C=O) groups excluding carboxylic acids is 2. The van der Waals surface area contributed by atoms with Crippen LogP contribution in [-0.4, -0.2) is 43.3 Å². The first-order valence-electron chi connectivity index (χ1n) is 10.6. The van der Waals surface area contributed by atoms with Crippen LogP contribution in [0, 0.1) is 11.8 Å². The molecule has 0 aliphatic heterocycles. The minimum Gasteiger partial charge on any atom is -0.478 e. The standard InChI is InChI=1S/C27H22N2O5/c1-29(19-9-6-8-18(16-19)26(31)32)25(30)14-7-15-28-27(33)34-17-24-22-12-4-2-10-20(22)21-11-3-5-13-23(21)24/h2-6,8-13,16,24H,15,17H2,1H3,(H,28,33)(H,31,32). The lowest BCUT2D eigenvalue weighted by Gasteiger charge is -2.14. The fourth-order valence-electron chi connectivity index (χ4n) is 3.93. The van der Waals surface area contributed by atoms with E-state index in [1.807, 2.05) is 36.4 Å². The maximum Gasteiger partial charge on any atom is 0.407 e. The maximum atomic E-state index is 12.3. The van der Waals surface area contributed by atoms with Crippen LogP contribution in [0.5, 0.6) is 0 Å². The number of fused-ring (bicyclic) bond motifs is 3. The number of benzene rings is 3. The van der Waals surface area contributed by atoms with Gasteiger partial charge in [-0.15, -0.1) is 0 Å². The highest BCUT2D eigenvalue weighted by atomic mass is 16.5. The molecular weight excluding hydrogens is 432 g/mol. The number of alkyl carbamates (subject to hydrolysis) is 1. The highest BCUT2D eigenvalue weighted by Gasteiger charge is 2.28. The van der Waals surface area contributed by atoms with Gasteiger partial charge in [-0.05, 0) is 46.4 Å². The SMILES string of the molecule is CN(C(=O)C#CCNC(=O)OCC1c2ccccc2-c2ccccc21)c1cccc(C(=O)O)c1. The van der Waals surface area contributed by atoms with E-state index in [4.69, 9.17) is 9.84 Å². The van der Waals surface area contributed by atoms with Gasteiger partial charge in [0.1, 0.15) is 6.61 Å². The predicted molar refractivity (Wildman–Crippen MR) is 128 cm³/mol. The number of nitrogens with zero attached hydrogens (tertiary/aromatic N) is 1. The van der Waals surface area contributed by atoms with E-state index in [0.29, 0.717) is 5.69 Å². The first kappa shape index (κ1) is 22.6. The molecule has 1 aliphatic carbocycles. The lowest BCUT2D eigenvalue weighted by atomic mass is 9.98. The van der Waals surface area contributed by atoms with Gasteiger partial charge in [0.25, 0.3) is 0 Å². The van der Waals surface area contributed by atoms with Gasteiger partial charge >= 0.3 is 18.0 Å². The Morgan fingerprint density at radius 1 is 0.971 bits per heavy atom. The number of hydrogen-bond donors (Lipinski definition) is 2. The number of aromatic carboxylic acids is 1. The van der Waals surface area contributed by atoms with Crippen molar-refractivity contribution in [3.8, 4) is 23.0 Å². The average molecular weight is 454 g/mol. The van der Waals surface area contributed by atoms with Gasteiger partial charge < -0.3 is 20.1 Å². The molecule has 1 aliphatic rings. The smallest absolute Gasteiger partial charge is 0.407 e. The summed E-state index contributed by atoms with van der Waals surface area (Å²) in [4.78, 5) is 36.8. The van der Waals surface area contributed by atoms with Crippen LogP contribution in [0.4, 0.5) is 10.5 Å². The summed E-state index contributed by atoms with van der Waals surface area (Å²) in [5.74, 6) is 3.37. The van der Waals surface area contributed by atoms with Gasteiger partial charge in [-0.2, -0.15) is 0 Å². The minimum atomic E-state index is -1.08. The highest BCUT2D eigenvalue weighted by molar-refractivity contribution is 6.06. The molecule has 34 heavy (non-hydrogen) atoms. The number of nitrogens with one attached hydrogen (secondary N) is 1. The van der Waals surface area contributed by atoms with Gasteiger partial charge in [0.2, 0.25) is 0 Å². The summed E-state index contributed by atoms with van der Waals surface area (Å²) in [5, 5.41) is 11.6. The molecule has 0 unspecified atom stereocenters. The third-order valence-corrected chi connectivity index (χ3v) is 5.65. The van der Waals surface area contributed by atoms with Gasteiger partial charge in [-0.1, -0.05) is 60.5 Å². The van der Waals surface area contributed by atoms with Crippen LogP contribution in [0.1, 0.15) is 27.4 Å². The van der Waals surface area contributed by atoms with E-state index in [-0.39, 0.29) is 24.6 Å². The summed E-state index contributed by atoms with van der Waals surface area (Å²) in [5.41, 5.74) is 5.02. The molecule has 3 aromatic rings. The number of hydrogen-bond acceptors (Lipinski definition) is 4. The summed E-state index contributed by atoms with van der Waals surface area (Å²) in [7, 11) is 1.50. The molecule has 0 heterocycles. The second-order valence-corrected chi connectivity index (χ2v) is 7.70. The minimum absolute atomic E-state index is 0.0407. The Kier molecular flexibility index (Phi) is 6.60. The Labute approximate surface area is 197 Å². The van der Waals surface area contributed by atoms with Gasteiger partial charge in [-0.25, -0.2) is 9.59 Å². The topological polar surface area (TPSA) is 95.9 Å². The molecule has 2 N–H and O–H groups in total. The van der Waals surface area contributed by atoms with Crippen LogP contribution in [0.25, 0.3) is 11.1 Å². The molecule has 4 rings (SSSR count). The number of rotatable bonds is 5. The van der Waals surface area contributed by atoms with Crippen molar-refractivity contribution < 1.29 is 24.2 Å². The molecule has 0 fully saturated rings. The summed E-state index contributed by atoms with van der Waals surface area (Å²) < 4.78 is 5.43. The first-order chi connectivity index (χ1) is 16.5. The Morgan fingerprint density at radius 3 is 2.26 bits per heavy atom. The van der Waals surface area contributed by atoms with Crippen LogP contribution in [0.3, 0.4) is 0 Å². The van der Waals surface area contributed by atoms with E-state index in [9.17, 15) is 14.4 Å². The predicted octanol–water partition coefficient (Wildman–Crippen LogP) is 3.89. The largest absolute Gasteiger partial charge is 0.478 e. The van der Waals surface area contributed by atoms with Crippen LogP contribution in [0.2, 0.25) is 0 Å². The summed E-state index contributed by atoms with van der Waals surface area (Å²) in [6.45, 7) is 0.125. The molecule has 7 heteroatoms. The number of anilines is 1. The second-order valence-electron chi connectivity index (χ2n) is 7.70. The molecule has 0 saturated heterocycles. The summed E-state index contributed by atoms with van der Waals surface area (Å²) in [6.07, 6.45) is -0.619. The zero-order valence-electron chi connectivity index (χ0n) is 18.4. The van der Waals surface area contributed by atoms with Crippen LogP contribution >= 0.6 is 0 Å². The van der Waals surface area contributed by atoms with Gasteiger partial charge in [-0.3, -0.25) is 4.79 Å². The van der Waals surface area contributed by atoms with Crippen molar-refractivity contribution in [1.82, 2.24) is 5.32 Å². The molecule has 7 nitrogen and oxygen atoms in total. The molecular formula is C27H22N2O5. The van der Waals surface area contributed by atoms with E-state index in [2.05, 4.69) is 29.3 Å². The average Bonchev–Trinajstić information content (AvgIpc) is 3.18. The molecule has 0 aromatic heterocycles. The lowest BCUT2D eigenvalue weighted by Crippen LogP contribution is -2.27. The van der Waals surface area contributed by atoms with E-state index in [1.165, 1.54) is 24.1 Å². The van der Waals surface area contributed by atoms with Crippen molar-refractivity contribution in [3.63, 3.8) is 0 Å². The highest BCUT2D eigenvalue weighted by Crippen LogP contribution is 2.44. The quantitative estimate of drug-likeness (QED) is 0.571. The normalized spacial score (nSPS) is 11.4. The molecule has 0 atom stereocenters. The number of carboxylic acids is 1. The van der Waals surface area contributed by atoms with Crippen LogP contribution in [-0.2, 0) is 9.53 Å². The van der Waals surface area contributed by atoms with E-state index >= 15 is 0 Å². The van der Waals surface area contributed by atoms with Crippen molar-refractivity contribution >= 4 is 23.7 Å². The second kappa shape index (κ2) is 9.92. The fourth-order valence-corrected chi connectivity index (χ4v) is 3.93. The molecule has 0 spiro atoms. The third-order valence-electron chi connectivity index (χ3n) is 5.65. The zero-order chi connectivity index (χ0) is 24.1. The van der Waals surface area contributed by atoms with E-state index in [1.54, 1.807) is 12.1 Å². The van der Waals surface area contributed by atoms with Crippen LogP contribution < -0.4 is 10.2 Å². The third kappa shape index (κ3) is 4.76. The Balaban J connectivity index is 1.30. The van der Waals surface area contributed by atoms with Crippen molar-refractivity contribution in [2.45, 2.75) is 5.92 Å². The van der Waals surface area contributed by atoms with E-state index in [0.717, 1.165) is 22.3 Å². The Bertz CT molecular complexity index is 1280. The fraction of sp³-hybridized carbons (Fsp3) is 0.148. The molecule has 170 valence electrons. The van der Waals surface area contributed by atoms with Crippen molar-refractivity contribution in [2.75, 3.05) is 25.1 Å². The van der Waals surface area contributed by atoms with Crippen molar-refractivity contribution in [1.29, 1.82) is 0 Å². The monoisotopic (exact) mass is 454 g/mol. The number of carbonyl (C=O) groups is 3.